The minimum Gasteiger partial charge on any atom is -0.477 e. The molecule has 0 saturated carbocycles. The number of H-pyrrole nitrogens is 1. The largest absolute Gasteiger partial charge is 0.477 e. The summed E-state index contributed by atoms with van der Waals surface area (Å²) in [5.74, 6) is -0.950. The molecule has 4 heteroatoms. The number of carboxylic acids is 1. The fourth-order valence-corrected chi connectivity index (χ4v) is 1.96. The third-order valence-electron chi connectivity index (χ3n) is 2.85. The van der Waals surface area contributed by atoms with Crippen LogP contribution in [-0.2, 0) is 0 Å². The number of nitrogens with one attached hydrogen (secondary N) is 1. The van der Waals surface area contributed by atoms with Crippen LogP contribution in [-0.4, -0.2) is 21.0 Å². The van der Waals surface area contributed by atoms with Crippen molar-refractivity contribution in [3.8, 4) is 11.1 Å². The number of rotatable bonds is 2. The first kappa shape index (κ1) is 10.5. The molecule has 2 aromatic heterocycles. The molecule has 0 spiro atoms. The van der Waals surface area contributed by atoms with Gasteiger partial charge in [0.1, 0.15) is 5.69 Å². The van der Waals surface area contributed by atoms with Crippen LogP contribution in [0.5, 0.6) is 0 Å². The standard InChI is InChI=1S/C14H10N2O2/c17-14(18)13-7-10-4-3-9(6-12(10)16-13)11-2-1-5-15-8-11/h1-8,16H,(H,17,18). The summed E-state index contributed by atoms with van der Waals surface area (Å²) in [6.07, 6.45) is 3.50. The molecule has 1 aromatic carbocycles. The van der Waals surface area contributed by atoms with Crippen molar-refractivity contribution >= 4 is 16.9 Å². The van der Waals surface area contributed by atoms with Crippen molar-refractivity contribution in [3.63, 3.8) is 0 Å². The number of hydrogen-bond acceptors (Lipinski definition) is 2. The summed E-state index contributed by atoms with van der Waals surface area (Å²) in [5.41, 5.74) is 3.03. The predicted octanol–water partition coefficient (Wildman–Crippen LogP) is 2.93. The second-order valence-electron chi connectivity index (χ2n) is 4.03. The van der Waals surface area contributed by atoms with Gasteiger partial charge < -0.3 is 10.1 Å². The molecule has 18 heavy (non-hydrogen) atoms. The molecule has 0 aliphatic carbocycles. The fraction of sp³-hybridized carbons (Fsp3) is 0. The molecule has 2 heterocycles. The molecular weight excluding hydrogens is 228 g/mol. The monoisotopic (exact) mass is 238 g/mol. The number of aromatic carboxylic acids is 1. The lowest BCUT2D eigenvalue weighted by molar-refractivity contribution is 0.0691. The summed E-state index contributed by atoms with van der Waals surface area (Å²) >= 11 is 0. The number of benzene rings is 1. The van der Waals surface area contributed by atoms with Gasteiger partial charge in [-0.3, -0.25) is 4.98 Å². The van der Waals surface area contributed by atoms with Gasteiger partial charge in [0.15, 0.2) is 0 Å². The second kappa shape index (κ2) is 4.00. The van der Waals surface area contributed by atoms with E-state index in [4.69, 9.17) is 5.11 Å². The van der Waals surface area contributed by atoms with E-state index in [0.29, 0.717) is 0 Å². The highest BCUT2D eigenvalue weighted by atomic mass is 16.4. The SMILES string of the molecule is O=C(O)c1cc2ccc(-c3cccnc3)cc2[nH]1. The summed E-state index contributed by atoms with van der Waals surface area (Å²) < 4.78 is 0. The molecule has 0 amide bonds. The first-order valence-electron chi connectivity index (χ1n) is 5.50. The molecule has 4 nitrogen and oxygen atoms in total. The molecule has 0 fully saturated rings. The Morgan fingerprint density at radius 3 is 2.78 bits per heavy atom. The number of carbonyl (C=O) groups is 1. The highest BCUT2D eigenvalue weighted by molar-refractivity contribution is 5.95. The summed E-state index contributed by atoms with van der Waals surface area (Å²) in [7, 11) is 0. The van der Waals surface area contributed by atoms with Crippen molar-refractivity contribution in [3.05, 3.63) is 54.5 Å². The van der Waals surface area contributed by atoms with Gasteiger partial charge in [0, 0.05) is 28.9 Å². The molecule has 0 atom stereocenters. The molecule has 0 bridgehead atoms. The zero-order chi connectivity index (χ0) is 12.5. The van der Waals surface area contributed by atoms with E-state index in [1.54, 1.807) is 18.5 Å². The smallest absolute Gasteiger partial charge is 0.352 e. The molecule has 0 radical (unpaired) electrons. The molecule has 0 unspecified atom stereocenters. The van der Waals surface area contributed by atoms with Gasteiger partial charge in [-0.15, -0.1) is 0 Å². The molecule has 3 rings (SSSR count). The van der Waals surface area contributed by atoms with Crippen LogP contribution in [0.2, 0.25) is 0 Å². The topological polar surface area (TPSA) is 66.0 Å². The second-order valence-corrected chi connectivity index (χ2v) is 4.03. The number of carboxylic acid groups (broad SMARTS) is 1. The molecule has 0 aliphatic rings. The Morgan fingerprint density at radius 1 is 1.17 bits per heavy atom. The highest BCUT2D eigenvalue weighted by Crippen LogP contribution is 2.24. The minimum atomic E-state index is -0.950. The average Bonchev–Trinajstić information content (AvgIpc) is 2.82. The maximum atomic E-state index is 10.9. The normalized spacial score (nSPS) is 10.7. The molecule has 2 N–H and O–H groups in total. The third-order valence-corrected chi connectivity index (χ3v) is 2.85. The first-order chi connectivity index (χ1) is 8.74. The number of aromatic nitrogens is 2. The van der Waals surface area contributed by atoms with E-state index in [9.17, 15) is 4.79 Å². The Hall–Kier alpha value is -2.62. The van der Waals surface area contributed by atoms with Crippen LogP contribution in [0.1, 0.15) is 10.5 Å². The number of aromatic amines is 1. The Kier molecular flexibility index (Phi) is 2.34. The summed E-state index contributed by atoms with van der Waals surface area (Å²) in [6.45, 7) is 0. The van der Waals surface area contributed by atoms with Gasteiger partial charge in [-0.1, -0.05) is 18.2 Å². The summed E-state index contributed by atoms with van der Waals surface area (Å²) in [5, 5.41) is 9.82. The van der Waals surface area contributed by atoms with Crippen molar-refractivity contribution in [2.75, 3.05) is 0 Å². The number of fused-ring (bicyclic) bond motifs is 1. The van der Waals surface area contributed by atoms with Gasteiger partial charge in [0.2, 0.25) is 0 Å². The van der Waals surface area contributed by atoms with E-state index in [0.717, 1.165) is 22.0 Å². The van der Waals surface area contributed by atoms with Crippen LogP contribution < -0.4 is 0 Å². The summed E-state index contributed by atoms with van der Waals surface area (Å²) in [4.78, 5) is 17.8. The van der Waals surface area contributed by atoms with Crippen molar-refractivity contribution < 1.29 is 9.90 Å². The van der Waals surface area contributed by atoms with Crippen LogP contribution in [0.25, 0.3) is 22.0 Å². The molecule has 0 saturated heterocycles. The van der Waals surface area contributed by atoms with E-state index < -0.39 is 5.97 Å². The average molecular weight is 238 g/mol. The van der Waals surface area contributed by atoms with Gasteiger partial charge in [-0.2, -0.15) is 0 Å². The van der Waals surface area contributed by atoms with Crippen molar-refractivity contribution in [2.45, 2.75) is 0 Å². The lowest BCUT2D eigenvalue weighted by atomic mass is 10.1. The van der Waals surface area contributed by atoms with Crippen molar-refractivity contribution in [1.29, 1.82) is 0 Å². The Bertz CT molecular complexity index is 717. The van der Waals surface area contributed by atoms with Gasteiger partial charge in [-0.05, 0) is 23.8 Å². The van der Waals surface area contributed by atoms with Crippen LogP contribution in [0.3, 0.4) is 0 Å². The molecule has 3 aromatic rings. The van der Waals surface area contributed by atoms with E-state index >= 15 is 0 Å². The van der Waals surface area contributed by atoms with Gasteiger partial charge in [0.25, 0.3) is 0 Å². The molecule has 0 aliphatic heterocycles. The lowest BCUT2D eigenvalue weighted by Crippen LogP contribution is -1.94. The van der Waals surface area contributed by atoms with E-state index in [1.807, 2.05) is 30.3 Å². The highest BCUT2D eigenvalue weighted by Gasteiger charge is 2.08. The van der Waals surface area contributed by atoms with Crippen LogP contribution in [0.15, 0.2) is 48.8 Å². The number of nitrogens with zero attached hydrogens (tertiary/aromatic N) is 1. The zero-order valence-electron chi connectivity index (χ0n) is 9.42. The van der Waals surface area contributed by atoms with E-state index in [2.05, 4.69) is 9.97 Å². The minimum absolute atomic E-state index is 0.202. The summed E-state index contributed by atoms with van der Waals surface area (Å²) in [6, 6.07) is 11.3. The van der Waals surface area contributed by atoms with Gasteiger partial charge >= 0.3 is 5.97 Å². The van der Waals surface area contributed by atoms with Crippen LogP contribution >= 0.6 is 0 Å². The molecular formula is C14H10N2O2. The van der Waals surface area contributed by atoms with E-state index in [1.165, 1.54) is 0 Å². The van der Waals surface area contributed by atoms with E-state index in [-0.39, 0.29) is 5.69 Å². The first-order valence-corrected chi connectivity index (χ1v) is 5.50. The lowest BCUT2D eigenvalue weighted by Gasteiger charge is -2.00. The number of pyridine rings is 1. The fourth-order valence-electron chi connectivity index (χ4n) is 1.96. The Balaban J connectivity index is 2.14. The van der Waals surface area contributed by atoms with Crippen LogP contribution in [0, 0.1) is 0 Å². The zero-order valence-corrected chi connectivity index (χ0v) is 9.42. The number of hydrogen-bond donors (Lipinski definition) is 2. The maximum Gasteiger partial charge on any atom is 0.352 e. The predicted molar refractivity (Wildman–Crippen MR) is 68.5 cm³/mol. The quantitative estimate of drug-likeness (QED) is 0.721. The Labute approximate surface area is 103 Å². The third kappa shape index (κ3) is 1.73. The van der Waals surface area contributed by atoms with Crippen LogP contribution in [0.4, 0.5) is 0 Å². The Morgan fingerprint density at radius 2 is 2.06 bits per heavy atom. The van der Waals surface area contributed by atoms with Gasteiger partial charge in [0.05, 0.1) is 0 Å². The van der Waals surface area contributed by atoms with Gasteiger partial charge in [-0.25, -0.2) is 4.79 Å². The maximum absolute atomic E-state index is 10.9. The molecule has 88 valence electrons. The van der Waals surface area contributed by atoms with Crippen molar-refractivity contribution in [2.24, 2.45) is 0 Å². The van der Waals surface area contributed by atoms with Crippen molar-refractivity contribution in [1.82, 2.24) is 9.97 Å².